The number of benzene rings is 2. The van der Waals surface area contributed by atoms with Crippen molar-refractivity contribution in [3.63, 3.8) is 0 Å². The van der Waals surface area contributed by atoms with Crippen LogP contribution in [0.3, 0.4) is 0 Å². The molecule has 0 radical (unpaired) electrons. The SMILES string of the molecule is O=[N+]([O-])c1ccc2ccccc2c1/C=C/c1ccncc1. The van der Waals surface area contributed by atoms with Crippen molar-refractivity contribution in [2.45, 2.75) is 0 Å². The van der Waals surface area contributed by atoms with Gasteiger partial charge in [0.15, 0.2) is 0 Å². The van der Waals surface area contributed by atoms with Gasteiger partial charge in [-0.25, -0.2) is 0 Å². The van der Waals surface area contributed by atoms with Crippen molar-refractivity contribution >= 4 is 28.6 Å². The van der Waals surface area contributed by atoms with Crippen LogP contribution in [-0.4, -0.2) is 9.91 Å². The normalized spacial score (nSPS) is 11.0. The zero-order valence-corrected chi connectivity index (χ0v) is 11.1. The first-order valence-corrected chi connectivity index (χ1v) is 6.50. The van der Waals surface area contributed by atoms with Gasteiger partial charge < -0.3 is 0 Å². The number of pyridine rings is 1. The second-order valence-corrected chi connectivity index (χ2v) is 4.59. The van der Waals surface area contributed by atoms with E-state index >= 15 is 0 Å². The number of rotatable bonds is 3. The summed E-state index contributed by atoms with van der Waals surface area (Å²) in [6, 6.07) is 14.7. The third-order valence-corrected chi connectivity index (χ3v) is 3.29. The molecule has 0 saturated carbocycles. The fourth-order valence-corrected chi connectivity index (χ4v) is 2.27. The number of hydrogen-bond donors (Lipinski definition) is 0. The third-order valence-electron chi connectivity index (χ3n) is 3.29. The molecular formula is C17H12N2O2. The summed E-state index contributed by atoms with van der Waals surface area (Å²) in [5, 5.41) is 13.1. The molecule has 1 heterocycles. The Balaban J connectivity index is 2.17. The molecule has 4 heteroatoms. The van der Waals surface area contributed by atoms with Crippen LogP contribution < -0.4 is 0 Å². The van der Waals surface area contributed by atoms with E-state index in [0.717, 1.165) is 16.3 Å². The van der Waals surface area contributed by atoms with Crippen molar-refractivity contribution in [2.75, 3.05) is 0 Å². The largest absolute Gasteiger partial charge is 0.277 e. The average Bonchev–Trinajstić information content (AvgIpc) is 2.53. The first-order valence-electron chi connectivity index (χ1n) is 6.50. The molecule has 0 bridgehead atoms. The molecule has 0 atom stereocenters. The molecule has 0 unspecified atom stereocenters. The summed E-state index contributed by atoms with van der Waals surface area (Å²) in [6.07, 6.45) is 7.03. The van der Waals surface area contributed by atoms with Gasteiger partial charge in [-0.2, -0.15) is 0 Å². The number of hydrogen-bond acceptors (Lipinski definition) is 3. The first-order chi connectivity index (χ1) is 10.3. The van der Waals surface area contributed by atoms with Crippen LogP contribution in [0.2, 0.25) is 0 Å². The third kappa shape index (κ3) is 2.65. The van der Waals surface area contributed by atoms with Crippen LogP contribution in [0, 0.1) is 10.1 Å². The summed E-state index contributed by atoms with van der Waals surface area (Å²) >= 11 is 0. The first kappa shape index (κ1) is 13.0. The molecule has 3 rings (SSSR count). The second kappa shape index (κ2) is 5.54. The molecule has 1 aromatic heterocycles. The number of nitro groups is 1. The molecule has 4 nitrogen and oxygen atoms in total. The lowest BCUT2D eigenvalue weighted by Crippen LogP contribution is -1.92. The fourth-order valence-electron chi connectivity index (χ4n) is 2.27. The molecule has 0 fully saturated rings. The zero-order valence-electron chi connectivity index (χ0n) is 11.1. The van der Waals surface area contributed by atoms with Crippen LogP contribution in [0.15, 0.2) is 60.9 Å². The Morgan fingerprint density at radius 3 is 2.48 bits per heavy atom. The van der Waals surface area contributed by atoms with Crippen LogP contribution in [0.4, 0.5) is 5.69 Å². The highest BCUT2D eigenvalue weighted by molar-refractivity contribution is 5.96. The molecular weight excluding hydrogens is 264 g/mol. The summed E-state index contributed by atoms with van der Waals surface area (Å²) in [5.74, 6) is 0. The second-order valence-electron chi connectivity index (χ2n) is 4.59. The van der Waals surface area contributed by atoms with Gasteiger partial charge in [-0.05, 0) is 40.6 Å². The lowest BCUT2D eigenvalue weighted by Gasteiger charge is -2.03. The smallest absolute Gasteiger partial charge is 0.265 e. The highest BCUT2D eigenvalue weighted by atomic mass is 16.6. The van der Waals surface area contributed by atoms with E-state index in [0.29, 0.717) is 5.56 Å². The quantitative estimate of drug-likeness (QED) is 0.529. The molecule has 21 heavy (non-hydrogen) atoms. The summed E-state index contributed by atoms with van der Waals surface area (Å²) in [5.41, 5.74) is 1.68. The minimum atomic E-state index is -0.349. The van der Waals surface area contributed by atoms with Gasteiger partial charge in [-0.1, -0.05) is 30.3 Å². The maximum atomic E-state index is 11.2. The van der Waals surface area contributed by atoms with Gasteiger partial charge >= 0.3 is 0 Å². The predicted molar refractivity (Wildman–Crippen MR) is 83.8 cm³/mol. The molecule has 0 spiro atoms. The van der Waals surface area contributed by atoms with E-state index in [-0.39, 0.29) is 10.6 Å². The number of aromatic nitrogens is 1. The van der Waals surface area contributed by atoms with Gasteiger partial charge in [-0.15, -0.1) is 0 Å². The molecule has 0 amide bonds. The van der Waals surface area contributed by atoms with Crippen molar-refractivity contribution in [3.8, 4) is 0 Å². The molecule has 102 valence electrons. The van der Waals surface area contributed by atoms with Gasteiger partial charge in [0.2, 0.25) is 0 Å². The maximum absolute atomic E-state index is 11.2. The minimum Gasteiger partial charge on any atom is -0.265 e. The number of fused-ring (bicyclic) bond motifs is 1. The summed E-state index contributed by atoms with van der Waals surface area (Å²) in [7, 11) is 0. The summed E-state index contributed by atoms with van der Waals surface area (Å²) < 4.78 is 0. The molecule has 0 aliphatic rings. The fraction of sp³-hybridized carbons (Fsp3) is 0. The Morgan fingerprint density at radius 2 is 1.71 bits per heavy atom. The van der Waals surface area contributed by atoms with E-state index in [9.17, 15) is 10.1 Å². The van der Waals surface area contributed by atoms with E-state index < -0.39 is 0 Å². The van der Waals surface area contributed by atoms with Gasteiger partial charge in [0.05, 0.1) is 10.5 Å². The van der Waals surface area contributed by atoms with Gasteiger partial charge in [0.25, 0.3) is 5.69 Å². The van der Waals surface area contributed by atoms with Crippen LogP contribution in [-0.2, 0) is 0 Å². The van der Waals surface area contributed by atoms with Crippen LogP contribution in [0.25, 0.3) is 22.9 Å². The molecule has 0 saturated heterocycles. The maximum Gasteiger partial charge on any atom is 0.277 e. The van der Waals surface area contributed by atoms with Crippen LogP contribution in [0.1, 0.15) is 11.1 Å². The van der Waals surface area contributed by atoms with Gasteiger partial charge in [-0.3, -0.25) is 15.1 Å². The highest BCUT2D eigenvalue weighted by Crippen LogP contribution is 2.29. The Labute approximate surface area is 121 Å². The predicted octanol–water partition coefficient (Wildman–Crippen LogP) is 4.31. The van der Waals surface area contributed by atoms with Crippen LogP contribution >= 0.6 is 0 Å². The van der Waals surface area contributed by atoms with E-state index in [1.165, 1.54) is 0 Å². The van der Waals surface area contributed by atoms with Crippen LogP contribution in [0.5, 0.6) is 0 Å². The summed E-state index contributed by atoms with van der Waals surface area (Å²) in [6.45, 7) is 0. The van der Waals surface area contributed by atoms with Crippen molar-refractivity contribution in [1.82, 2.24) is 4.98 Å². The van der Waals surface area contributed by atoms with E-state index in [1.54, 1.807) is 30.6 Å². The average molecular weight is 276 g/mol. The lowest BCUT2D eigenvalue weighted by molar-refractivity contribution is -0.384. The molecule has 0 N–H and O–H groups in total. The summed E-state index contributed by atoms with van der Waals surface area (Å²) in [4.78, 5) is 14.8. The van der Waals surface area contributed by atoms with E-state index in [2.05, 4.69) is 4.98 Å². The topological polar surface area (TPSA) is 56.0 Å². The van der Waals surface area contributed by atoms with Crippen molar-refractivity contribution in [3.05, 3.63) is 82.2 Å². The monoisotopic (exact) mass is 276 g/mol. The number of nitrogens with zero attached hydrogens (tertiary/aromatic N) is 2. The van der Waals surface area contributed by atoms with Gasteiger partial charge in [0, 0.05) is 18.5 Å². The van der Waals surface area contributed by atoms with Gasteiger partial charge in [0.1, 0.15) is 0 Å². The highest BCUT2D eigenvalue weighted by Gasteiger charge is 2.14. The Hall–Kier alpha value is -3.01. The molecule has 3 aromatic rings. The standard InChI is InChI=1S/C17H12N2O2/c20-19(21)17-8-6-14-3-1-2-4-15(14)16(17)7-5-13-9-11-18-12-10-13/h1-12H/b7-5+. The Kier molecular flexibility index (Phi) is 3.43. The number of nitro benzene ring substituents is 1. The van der Waals surface area contributed by atoms with Crippen molar-refractivity contribution in [1.29, 1.82) is 0 Å². The molecule has 0 aliphatic heterocycles. The molecule has 0 aliphatic carbocycles. The molecule has 2 aromatic carbocycles. The van der Waals surface area contributed by atoms with E-state index in [4.69, 9.17) is 0 Å². The Bertz CT molecular complexity index is 827. The minimum absolute atomic E-state index is 0.110. The van der Waals surface area contributed by atoms with Crippen molar-refractivity contribution in [2.24, 2.45) is 0 Å². The zero-order chi connectivity index (χ0) is 14.7. The van der Waals surface area contributed by atoms with E-state index in [1.807, 2.05) is 42.5 Å². The lowest BCUT2D eigenvalue weighted by atomic mass is 10.0. The van der Waals surface area contributed by atoms with Crippen molar-refractivity contribution < 1.29 is 4.92 Å². The Morgan fingerprint density at radius 1 is 0.952 bits per heavy atom.